The second-order valence-electron chi connectivity index (χ2n) is 6.84. The summed E-state index contributed by atoms with van der Waals surface area (Å²) in [6, 6.07) is 18.1. The molecule has 1 heterocycles. The summed E-state index contributed by atoms with van der Waals surface area (Å²) in [5.41, 5.74) is 2.99. The van der Waals surface area contributed by atoms with Crippen molar-refractivity contribution in [2.45, 2.75) is 13.5 Å². The zero-order valence-corrected chi connectivity index (χ0v) is 18.3. The van der Waals surface area contributed by atoms with Crippen molar-refractivity contribution in [1.29, 1.82) is 0 Å². The molecule has 0 saturated heterocycles. The molecule has 0 aliphatic carbocycles. The number of rotatable bonds is 6. The lowest BCUT2D eigenvalue weighted by Crippen LogP contribution is -2.34. The molecular weight excluding hydrogens is 444 g/mol. The van der Waals surface area contributed by atoms with Crippen LogP contribution in [0.2, 0.25) is 0 Å². The number of furan rings is 1. The number of carbonyl (C=O) groups is 2. The Bertz CT molecular complexity index is 1100. The van der Waals surface area contributed by atoms with Gasteiger partial charge in [-0.25, -0.2) is 0 Å². The van der Waals surface area contributed by atoms with E-state index < -0.39 is 0 Å². The molecule has 1 aromatic heterocycles. The molecule has 0 N–H and O–H groups in total. The Balaban J connectivity index is 1.90. The fourth-order valence-corrected chi connectivity index (χ4v) is 3.35. The van der Waals surface area contributed by atoms with Crippen molar-refractivity contribution in [3.63, 3.8) is 0 Å². The first-order valence-electron chi connectivity index (χ1n) is 9.31. The van der Waals surface area contributed by atoms with Crippen molar-refractivity contribution in [3.8, 4) is 12.3 Å². The van der Waals surface area contributed by atoms with Crippen molar-refractivity contribution >= 4 is 33.4 Å². The highest BCUT2D eigenvalue weighted by Crippen LogP contribution is 2.25. The maximum atomic E-state index is 13.4. The van der Waals surface area contributed by atoms with Crippen LogP contribution in [0, 0.1) is 19.3 Å². The van der Waals surface area contributed by atoms with Gasteiger partial charge in [-0.3, -0.25) is 9.59 Å². The van der Waals surface area contributed by atoms with Gasteiger partial charge in [0.25, 0.3) is 11.8 Å². The van der Waals surface area contributed by atoms with Crippen LogP contribution < -0.4 is 4.90 Å². The zero-order chi connectivity index (χ0) is 21.7. The van der Waals surface area contributed by atoms with E-state index in [9.17, 15) is 9.59 Å². The van der Waals surface area contributed by atoms with Gasteiger partial charge >= 0.3 is 0 Å². The normalized spacial score (nSPS) is 10.3. The van der Waals surface area contributed by atoms with Crippen LogP contribution in [0.5, 0.6) is 0 Å². The van der Waals surface area contributed by atoms with E-state index in [-0.39, 0.29) is 24.1 Å². The van der Waals surface area contributed by atoms with E-state index >= 15 is 0 Å². The molecule has 0 aliphatic heterocycles. The van der Waals surface area contributed by atoms with Gasteiger partial charge in [-0.1, -0.05) is 47.9 Å². The van der Waals surface area contributed by atoms with E-state index in [0.717, 1.165) is 11.1 Å². The van der Waals surface area contributed by atoms with Gasteiger partial charge in [0.1, 0.15) is 0 Å². The summed E-state index contributed by atoms with van der Waals surface area (Å²) in [5.74, 6) is 2.12. The Kier molecular flexibility index (Phi) is 6.76. The Morgan fingerprint density at radius 2 is 1.73 bits per heavy atom. The van der Waals surface area contributed by atoms with Gasteiger partial charge in [-0.05, 0) is 52.7 Å². The fraction of sp³-hybridized carbons (Fsp3) is 0.167. The van der Waals surface area contributed by atoms with E-state index in [1.165, 1.54) is 4.90 Å². The zero-order valence-electron chi connectivity index (χ0n) is 16.8. The number of amides is 2. The first kappa shape index (κ1) is 21.4. The third-order valence-electron chi connectivity index (χ3n) is 4.65. The van der Waals surface area contributed by atoms with Gasteiger partial charge in [-0.2, -0.15) is 0 Å². The summed E-state index contributed by atoms with van der Waals surface area (Å²) in [6.07, 6.45) is 5.52. The van der Waals surface area contributed by atoms with E-state index in [1.807, 2.05) is 31.2 Å². The van der Waals surface area contributed by atoms with Gasteiger partial charge in [0, 0.05) is 13.6 Å². The summed E-state index contributed by atoms with van der Waals surface area (Å²) in [4.78, 5) is 29.2. The Morgan fingerprint density at radius 1 is 1.03 bits per heavy atom. The third-order valence-corrected chi connectivity index (χ3v) is 5.07. The predicted octanol–water partition coefficient (Wildman–Crippen LogP) is 4.90. The number of carbonyl (C=O) groups excluding carboxylic acids is 2. The van der Waals surface area contributed by atoms with E-state index in [2.05, 4.69) is 21.9 Å². The smallest absolute Gasteiger partial charge is 0.293 e. The molecule has 2 amide bonds. The highest BCUT2D eigenvalue weighted by atomic mass is 79.9. The van der Waals surface area contributed by atoms with Gasteiger partial charge in [0.2, 0.25) is 0 Å². The number of hydrogen-bond donors (Lipinski definition) is 0. The Morgan fingerprint density at radius 3 is 2.37 bits per heavy atom. The Labute approximate surface area is 184 Å². The number of anilines is 1. The number of terminal acetylenes is 1. The molecule has 0 atom stereocenters. The van der Waals surface area contributed by atoms with Gasteiger partial charge in [0.15, 0.2) is 10.4 Å². The van der Waals surface area contributed by atoms with Gasteiger partial charge in [-0.15, -0.1) is 6.42 Å². The number of nitrogens with zero attached hydrogens (tertiary/aromatic N) is 2. The van der Waals surface area contributed by atoms with Crippen molar-refractivity contribution in [3.05, 3.63) is 87.8 Å². The number of hydrogen-bond acceptors (Lipinski definition) is 3. The molecule has 0 saturated carbocycles. The lowest BCUT2D eigenvalue weighted by Gasteiger charge is -2.24. The standard InChI is InChI=1S/C24H21BrN2O3/c1-4-15-27(16-18-11-9-17(2)10-12-18)23(28)19-7-5-6-8-20(19)26(3)24(29)21-13-14-22(25)30-21/h1,5-14H,15-16H2,2-3H3. The largest absolute Gasteiger partial charge is 0.444 e. The molecule has 0 unspecified atom stereocenters. The number of aryl methyl sites for hydroxylation is 1. The molecule has 2 aromatic carbocycles. The second kappa shape index (κ2) is 9.47. The molecular formula is C24H21BrN2O3. The minimum Gasteiger partial charge on any atom is -0.444 e. The van der Waals surface area contributed by atoms with Crippen molar-refractivity contribution in [2.24, 2.45) is 0 Å². The van der Waals surface area contributed by atoms with Crippen molar-refractivity contribution in [1.82, 2.24) is 4.90 Å². The summed E-state index contributed by atoms with van der Waals surface area (Å²) in [6.45, 7) is 2.54. The average Bonchev–Trinajstić information content (AvgIpc) is 3.19. The highest BCUT2D eigenvalue weighted by Gasteiger charge is 2.24. The minimum absolute atomic E-state index is 0.157. The number of para-hydroxylation sites is 1. The number of benzene rings is 2. The minimum atomic E-state index is -0.358. The summed E-state index contributed by atoms with van der Waals surface area (Å²) < 4.78 is 5.83. The van der Waals surface area contributed by atoms with Crippen LogP contribution in [0.3, 0.4) is 0 Å². The van der Waals surface area contributed by atoms with E-state index in [1.54, 1.807) is 48.3 Å². The van der Waals surface area contributed by atoms with Gasteiger partial charge < -0.3 is 14.2 Å². The average molecular weight is 465 g/mol. The van der Waals surface area contributed by atoms with Crippen LogP contribution in [-0.2, 0) is 6.54 Å². The first-order valence-corrected chi connectivity index (χ1v) is 10.1. The molecule has 6 heteroatoms. The monoisotopic (exact) mass is 464 g/mol. The molecule has 0 radical (unpaired) electrons. The van der Waals surface area contributed by atoms with Crippen LogP contribution in [0.15, 0.2) is 69.8 Å². The predicted molar refractivity (Wildman–Crippen MR) is 120 cm³/mol. The van der Waals surface area contributed by atoms with Crippen LogP contribution in [-0.4, -0.2) is 30.3 Å². The SMILES string of the molecule is C#CCN(Cc1ccc(C)cc1)C(=O)c1ccccc1N(C)C(=O)c1ccc(Br)o1. The van der Waals surface area contributed by atoms with Crippen LogP contribution in [0.1, 0.15) is 32.0 Å². The lowest BCUT2D eigenvalue weighted by atomic mass is 10.1. The second-order valence-corrected chi connectivity index (χ2v) is 7.62. The van der Waals surface area contributed by atoms with Crippen LogP contribution >= 0.6 is 15.9 Å². The summed E-state index contributed by atoms with van der Waals surface area (Å²) >= 11 is 3.20. The van der Waals surface area contributed by atoms with Gasteiger partial charge in [0.05, 0.1) is 17.8 Å². The van der Waals surface area contributed by atoms with Crippen molar-refractivity contribution < 1.29 is 14.0 Å². The van der Waals surface area contributed by atoms with E-state index in [0.29, 0.717) is 22.5 Å². The summed E-state index contributed by atoms with van der Waals surface area (Å²) in [7, 11) is 1.61. The molecule has 0 spiro atoms. The first-order chi connectivity index (χ1) is 14.4. The molecule has 0 bridgehead atoms. The van der Waals surface area contributed by atoms with Crippen molar-refractivity contribution in [2.75, 3.05) is 18.5 Å². The van der Waals surface area contributed by atoms with Crippen LogP contribution in [0.4, 0.5) is 5.69 Å². The number of halogens is 1. The van der Waals surface area contributed by atoms with E-state index in [4.69, 9.17) is 10.8 Å². The lowest BCUT2D eigenvalue weighted by molar-refractivity contribution is 0.0766. The molecule has 30 heavy (non-hydrogen) atoms. The van der Waals surface area contributed by atoms with Crippen LogP contribution in [0.25, 0.3) is 0 Å². The quantitative estimate of drug-likeness (QED) is 0.487. The third kappa shape index (κ3) is 4.81. The maximum Gasteiger partial charge on any atom is 0.293 e. The molecule has 3 aromatic rings. The molecule has 152 valence electrons. The Hall–Kier alpha value is -3.30. The molecule has 5 nitrogen and oxygen atoms in total. The molecule has 0 fully saturated rings. The maximum absolute atomic E-state index is 13.4. The fourth-order valence-electron chi connectivity index (χ4n) is 3.04. The highest BCUT2D eigenvalue weighted by molar-refractivity contribution is 9.10. The molecule has 0 aliphatic rings. The molecule has 3 rings (SSSR count). The topological polar surface area (TPSA) is 53.8 Å². The summed E-state index contributed by atoms with van der Waals surface area (Å²) in [5, 5.41) is 0.